The molecule has 0 bridgehead atoms. The van der Waals surface area contributed by atoms with Crippen molar-refractivity contribution in [2.75, 3.05) is 0 Å². The molecule has 1 N–H and O–H groups in total. The number of alkyl halides is 1. The molecule has 1 aliphatic carbocycles. The summed E-state index contributed by atoms with van der Waals surface area (Å²) in [5.41, 5.74) is 1.12. The van der Waals surface area contributed by atoms with Crippen molar-refractivity contribution in [3.8, 4) is 5.75 Å². The molecule has 1 fully saturated rings. The average molecular weight is 280 g/mol. The number of rotatable bonds is 2. The Balaban J connectivity index is 1.55. The summed E-state index contributed by atoms with van der Waals surface area (Å²) in [5.74, 6) is 0.848. The van der Waals surface area contributed by atoms with Crippen molar-refractivity contribution in [2.24, 2.45) is 0 Å². The lowest BCUT2D eigenvalue weighted by Gasteiger charge is -2.26. The highest BCUT2D eigenvalue weighted by atomic mass is 35.5. The minimum atomic E-state index is -0.369. The molecule has 1 amide bonds. The average Bonchev–Trinajstić information content (AvgIpc) is 2.85. The molecule has 1 atom stereocenters. The highest BCUT2D eigenvalue weighted by molar-refractivity contribution is 6.20. The zero-order valence-electron chi connectivity index (χ0n) is 10.8. The van der Waals surface area contributed by atoms with Crippen molar-refractivity contribution >= 4 is 17.5 Å². The Labute approximate surface area is 118 Å². The molecule has 4 heteroatoms. The molecule has 2 aliphatic rings. The first-order valence-corrected chi connectivity index (χ1v) is 7.35. The lowest BCUT2D eigenvalue weighted by atomic mass is 9.95. The van der Waals surface area contributed by atoms with Gasteiger partial charge in [0.25, 0.3) is 5.91 Å². The number of para-hydroxylation sites is 1. The van der Waals surface area contributed by atoms with Gasteiger partial charge in [-0.2, -0.15) is 0 Å². The summed E-state index contributed by atoms with van der Waals surface area (Å²) < 4.78 is 5.69. The number of hydrogen-bond donors (Lipinski definition) is 1. The van der Waals surface area contributed by atoms with Crippen molar-refractivity contribution in [1.29, 1.82) is 0 Å². The van der Waals surface area contributed by atoms with Crippen molar-refractivity contribution < 1.29 is 9.53 Å². The summed E-state index contributed by atoms with van der Waals surface area (Å²) in [6.07, 6.45) is 4.22. The van der Waals surface area contributed by atoms with E-state index in [1.54, 1.807) is 0 Å². The number of carbonyl (C=O) groups is 1. The standard InChI is InChI=1S/C15H18ClNO2/c16-11-5-7-12(8-6-11)17-15(18)14-9-10-3-1-2-4-13(10)19-14/h1-4,11-12,14H,5-9H2,(H,17,18). The van der Waals surface area contributed by atoms with Crippen LogP contribution in [0.25, 0.3) is 0 Å². The highest BCUT2D eigenvalue weighted by Gasteiger charge is 2.30. The number of nitrogens with one attached hydrogen (secondary N) is 1. The van der Waals surface area contributed by atoms with E-state index in [0.717, 1.165) is 37.0 Å². The van der Waals surface area contributed by atoms with Crippen LogP contribution in [0.15, 0.2) is 24.3 Å². The van der Waals surface area contributed by atoms with Gasteiger partial charge in [-0.1, -0.05) is 18.2 Å². The SMILES string of the molecule is O=C(NC1CCC(Cl)CC1)C1Cc2ccccc2O1. The molecule has 0 aromatic heterocycles. The predicted molar refractivity (Wildman–Crippen MR) is 74.6 cm³/mol. The number of hydrogen-bond acceptors (Lipinski definition) is 2. The van der Waals surface area contributed by atoms with Crippen molar-refractivity contribution in [2.45, 2.75) is 49.6 Å². The van der Waals surface area contributed by atoms with Crippen LogP contribution in [0.4, 0.5) is 0 Å². The second-order valence-electron chi connectivity index (χ2n) is 5.38. The van der Waals surface area contributed by atoms with E-state index in [1.165, 1.54) is 0 Å². The van der Waals surface area contributed by atoms with Crippen LogP contribution in [0.1, 0.15) is 31.2 Å². The number of ether oxygens (including phenoxy) is 1. The Morgan fingerprint density at radius 2 is 1.95 bits per heavy atom. The topological polar surface area (TPSA) is 38.3 Å². The van der Waals surface area contributed by atoms with E-state index < -0.39 is 0 Å². The molecule has 0 saturated heterocycles. The van der Waals surface area contributed by atoms with Gasteiger partial charge in [-0.15, -0.1) is 11.6 Å². The maximum Gasteiger partial charge on any atom is 0.261 e. The summed E-state index contributed by atoms with van der Waals surface area (Å²) in [6, 6.07) is 8.10. The third-order valence-electron chi connectivity index (χ3n) is 3.94. The lowest BCUT2D eigenvalue weighted by molar-refractivity contribution is -0.128. The van der Waals surface area contributed by atoms with Gasteiger partial charge >= 0.3 is 0 Å². The molecule has 1 aliphatic heterocycles. The van der Waals surface area contributed by atoms with E-state index in [1.807, 2.05) is 24.3 Å². The molecule has 1 unspecified atom stereocenters. The van der Waals surface area contributed by atoms with Crippen molar-refractivity contribution in [1.82, 2.24) is 5.32 Å². The Kier molecular flexibility index (Phi) is 3.65. The first-order chi connectivity index (χ1) is 9.22. The molecular weight excluding hydrogens is 262 g/mol. The quantitative estimate of drug-likeness (QED) is 0.845. The number of amides is 1. The van der Waals surface area contributed by atoms with Crippen LogP contribution in [-0.4, -0.2) is 23.4 Å². The number of benzene rings is 1. The van der Waals surface area contributed by atoms with Gasteiger partial charge in [-0.05, 0) is 37.3 Å². The fourth-order valence-electron chi connectivity index (χ4n) is 2.82. The monoisotopic (exact) mass is 279 g/mol. The second kappa shape index (κ2) is 5.41. The van der Waals surface area contributed by atoms with Gasteiger partial charge < -0.3 is 10.1 Å². The molecule has 19 heavy (non-hydrogen) atoms. The fraction of sp³-hybridized carbons (Fsp3) is 0.533. The second-order valence-corrected chi connectivity index (χ2v) is 5.99. The van der Waals surface area contributed by atoms with E-state index in [0.29, 0.717) is 6.42 Å². The highest BCUT2D eigenvalue weighted by Crippen LogP contribution is 2.29. The Morgan fingerprint density at radius 1 is 1.21 bits per heavy atom. The van der Waals surface area contributed by atoms with Gasteiger partial charge in [0.2, 0.25) is 0 Å². The molecule has 0 radical (unpaired) electrons. The van der Waals surface area contributed by atoms with Crippen LogP contribution in [0.5, 0.6) is 5.75 Å². The van der Waals surface area contributed by atoms with Gasteiger partial charge in [-0.25, -0.2) is 0 Å². The minimum absolute atomic E-state index is 0.00854. The number of carbonyl (C=O) groups excluding carboxylic acids is 1. The van der Waals surface area contributed by atoms with E-state index in [2.05, 4.69) is 5.32 Å². The lowest BCUT2D eigenvalue weighted by Crippen LogP contribution is -2.44. The van der Waals surface area contributed by atoms with E-state index in [-0.39, 0.29) is 23.4 Å². The molecule has 1 aromatic rings. The van der Waals surface area contributed by atoms with Gasteiger partial charge in [0, 0.05) is 17.8 Å². The van der Waals surface area contributed by atoms with Gasteiger partial charge in [0.05, 0.1) is 0 Å². The maximum absolute atomic E-state index is 12.2. The van der Waals surface area contributed by atoms with E-state index >= 15 is 0 Å². The zero-order valence-corrected chi connectivity index (χ0v) is 11.5. The fourth-order valence-corrected chi connectivity index (χ4v) is 3.07. The van der Waals surface area contributed by atoms with Crippen LogP contribution in [0.3, 0.4) is 0 Å². The normalized spacial score (nSPS) is 29.4. The first-order valence-electron chi connectivity index (χ1n) is 6.91. The summed E-state index contributed by atoms with van der Waals surface area (Å²) in [6.45, 7) is 0. The van der Waals surface area contributed by atoms with Crippen LogP contribution in [-0.2, 0) is 11.2 Å². The molecular formula is C15H18ClNO2. The van der Waals surface area contributed by atoms with Crippen LogP contribution >= 0.6 is 11.6 Å². The molecule has 1 saturated carbocycles. The van der Waals surface area contributed by atoms with Gasteiger partial charge in [0.1, 0.15) is 5.75 Å². The Bertz CT molecular complexity index is 444. The third-order valence-corrected chi connectivity index (χ3v) is 4.38. The molecule has 102 valence electrons. The van der Waals surface area contributed by atoms with Crippen molar-refractivity contribution in [3.05, 3.63) is 29.8 Å². The van der Waals surface area contributed by atoms with Gasteiger partial charge in [-0.3, -0.25) is 4.79 Å². The molecule has 1 aromatic carbocycles. The Morgan fingerprint density at radius 3 is 2.68 bits per heavy atom. The van der Waals surface area contributed by atoms with E-state index in [9.17, 15) is 4.79 Å². The molecule has 3 nitrogen and oxygen atoms in total. The van der Waals surface area contributed by atoms with Gasteiger partial charge in [0.15, 0.2) is 6.10 Å². The van der Waals surface area contributed by atoms with Crippen molar-refractivity contribution in [3.63, 3.8) is 0 Å². The smallest absolute Gasteiger partial charge is 0.261 e. The summed E-state index contributed by atoms with van der Waals surface area (Å²) in [5, 5.41) is 3.37. The largest absolute Gasteiger partial charge is 0.480 e. The summed E-state index contributed by atoms with van der Waals surface area (Å²) >= 11 is 6.07. The third kappa shape index (κ3) is 2.86. The summed E-state index contributed by atoms with van der Waals surface area (Å²) in [7, 11) is 0. The minimum Gasteiger partial charge on any atom is -0.480 e. The van der Waals surface area contributed by atoms with Crippen LogP contribution in [0, 0.1) is 0 Å². The molecule has 3 rings (SSSR count). The van der Waals surface area contributed by atoms with E-state index in [4.69, 9.17) is 16.3 Å². The van der Waals surface area contributed by atoms with Crippen LogP contribution < -0.4 is 10.1 Å². The Hall–Kier alpha value is -1.22. The first kappa shape index (κ1) is 12.8. The summed E-state index contributed by atoms with van der Waals surface area (Å²) in [4.78, 5) is 12.2. The number of fused-ring (bicyclic) bond motifs is 1. The molecule has 0 spiro atoms. The zero-order chi connectivity index (χ0) is 13.2. The molecule has 1 heterocycles. The maximum atomic E-state index is 12.2. The van der Waals surface area contributed by atoms with Crippen LogP contribution in [0.2, 0.25) is 0 Å². The number of halogens is 1. The predicted octanol–water partition coefficient (Wildman–Crippen LogP) is 2.66.